The van der Waals surface area contributed by atoms with E-state index in [0.717, 1.165) is 67.1 Å². The maximum Gasteiger partial charge on any atom is 0.217 e. The van der Waals surface area contributed by atoms with E-state index in [1.54, 1.807) is 6.07 Å². The van der Waals surface area contributed by atoms with Crippen molar-refractivity contribution in [2.24, 2.45) is 11.7 Å². The predicted octanol–water partition coefficient (Wildman–Crippen LogP) is 5.00. The first-order valence-electron chi connectivity index (χ1n) is 13.2. The first-order chi connectivity index (χ1) is 17.7. The lowest BCUT2D eigenvalue weighted by Gasteiger charge is -2.43. The summed E-state index contributed by atoms with van der Waals surface area (Å²) in [5, 5.41) is 5.99. The van der Waals surface area contributed by atoms with Crippen molar-refractivity contribution in [3.8, 4) is 0 Å². The average Bonchev–Trinajstić information content (AvgIpc) is 3.46. The Morgan fingerprint density at radius 2 is 2.05 bits per heavy atom. The highest BCUT2D eigenvalue weighted by Gasteiger charge is 2.37. The zero-order chi connectivity index (χ0) is 26.3. The van der Waals surface area contributed by atoms with E-state index in [0.29, 0.717) is 34.5 Å². The monoisotopic (exact) mass is 543 g/mol. The smallest absolute Gasteiger partial charge is 0.217 e. The number of anilines is 1. The van der Waals surface area contributed by atoms with E-state index in [9.17, 15) is 4.79 Å². The number of primary amides is 1. The number of nitrogens with zero attached hydrogens (tertiary/aromatic N) is 6. The number of aromatic nitrogens is 4. The largest absolute Gasteiger partial charge is 0.370 e. The molecular weight excluding hydrogens is 509 g/mol. The standard InChI is InChI=1S/C27H35Cl2N7O/c1-16-15-34(12-10-23(16)35-11-4-5-20(35)7-9-24(30)37)25-14-31-26-17(2)33-36(27(26)32-25)18(3)21-8-6-19(28)13-22(21)29/h6,8,13-14,16,18,20,23H,4-5,7,9-12,15H2,1-3H3,(H2,30,37)/t16-,18-,20?,23?/m1/s1. The highest BCUT2D eigenvalue weighted by molar-refractivity contribution is 6.35. The van der Waals surface area contributed by atoms with Crippen LogP contribution in [-0.4, -0.2) is 62.3 Å². The van der Waals surface area contributed by atoms with Crippen LogP contribution in [0.2, 0.25) is 10.0 Å². The van der Waals surface area contributed by atoms with E-state index in [1.165, 1.54) is 6.42 Å². The van der Waals surface area contributed by atoms with Crippen molar-refractivity contribution in [3.05, 3.63) is 45.7 Å². The Labute approximate surface area is 228 Å². The number of benzene rings is 1. The maximum atomic E-state index is 11.3. The molecule has 198 valence electrons. The normalized spacial score (nSPS) is 23.6. The quantitative estimate of drug-likeness (QED) is 0.450. The van der Waals surface area contributed by atoms with E-state index in [2.05, 4.69) is 23.6 Å². The highest BCUT2D eigenvalue weighted by atomic mass is 35.5. The zero-order valence-corrected chi connectivity index (χ0v) is 23.2. The maximum absolute atomic E-state index is 11.3. The van der Waals surface area contributed by atoms with Crippen LogP contribution in [0, 0.1) is 12.8 Å². The molecule has 10 heteroatoms. The molecule has 0 spiro atoms. The van der Waals surface area contributed by atoms with Gasteiger partial charge < -0.3 is 10.6 Å². The third kappa shape index (κ3) is 5.29. The van der Waals surface area contributed by atoms with Crippen LogP contribution >= 0.6 is 23.2 Å². The van der Waals surface area contributed by atoms with Gasteiger partial charge in [-0.3, -0.25) is 9.69 Å². The Kier molecular flexibility index (Phi) is 7.61. The van der Waals surface area contributed by atoms with E-state index < -0.39 is 0 Å². The van der Waals surface area contributed by atoms with Crippen LogP contribution in [0.4, 0.5) is 5.82 Å². The lowest BCUT2D eigenvalue weighted by Crippen LogP contribution is -2.52. The van der Waals surface area contributed by atoms with Gasteiger partial charge in [0.1, 0.15) is 11.3 Å². The van der Waals surface area contributed by atoms with Gasteiger partial charge in [0.15, 0.2) is 5.65 Å². The van der Waals surface area contributed by atoms with Crippen LogP contribution in [-0.2, 0) is 4.79 Å². The minimum atomic E-state index is -0.203. The summed E-state index contributed by atoms with van der Waals surface area (Å²) in [6.07, 6.45) is 6.61. The van der Waals surface area contributed by atoms with Crippen molar-refractivity contribution in [3.63, 3.8) is 0 Å². The second-order valence-corrected chi connectivity index (χ2v) is 11.4. The van der Waals surface area contributed by atoms with Gasteiger partial charge in [-0.05, 0) is 69.7 Å². The minimum absolute atomic E-state index is 0.123. The molecule has 8 nitrogen and oxygen atoms in total. The first kappa shape index (κ1) is 26.2. The number of carbonyl (C=O) groups is 1. The van der Waals surface area contributed by atoms with E-state index >= 15 is 0 Å². The molecule has 0 bridgehead atoms. The summed E-state index contributed by atoms with van der Waals surface area (Å²) in [7, 11) is 0. The number of likely N-dealkylation sites (tertiary alicyclic amines) is 1. The molecule has 0 aliphatic carbocycles. The molecule has 2 aliphatic heterocycles. The number of rotatable bonds is 7. The fourth-order valence-electron chi connectivity index (χ4n) is 6.18. The molecule has 2 N–H and O–H groups in total. The predicted molar refractivity (Wildman–Crippen MR) is 148 cm³/mol. The number of hydrogen-bond acceptors (Lipinski definition) is 6. The Hall–Kier alpha value is -2.42. The molecule has 3 aromatic rings. The summed E-state index contributed by atoms with van der Waals surface area (Å²) in [5.41, 5.74) is 8.77. The van der Waals surface area contributed by atoms with Crippen molar-refractivity contribution >= 4 is 46.1 Å². The van der Waals surface area contributed by atoms with Gasteiger partial charge in [0.05, 0.1) is 17.9 Å². The molecule has 0 radical (unpaired) electrons. The van der Waals surface area contributed by atoms with Crippen molar-refractivity contribution in [1.82, 2.24) is 24.6 Å². The highest BCUT2D eigenvalue weighted by Crippen LogP contribution is 2.34. The molecule has 0 saturated carbocycles. The van der Waals surface area contributed by atoms with Crippen LogP contribution in [0.1, 0.15) is 63.3 Å². The third-order valence-electron chi connectivity index (χ3n) is 8.09. The van der Waals surface area contributed by atoms with Gasteiger partial charge in [-0.1, -0.05) is 36.2 Å². The summed E-state index contributed by atoms with van der Waals surface area (Å²) in [4.78, 5) is 26.1. The number of amides is 1. The molecule has 2 fully saturated rings. The number of aryl methyl sites for hydroxylation is 1. The summed E-state index contributed by atoms with van der Waals surface area (Å²) in [6, 6.07) is 6.39. The van der Waals surface area contributed by atoms with Crippen LogP contribution < -0.4 is 10.6 Å². The van der Waals surface area contributed by atoms with Gasteiger partial charge in [-0.25, -0.2) is 14.6 Å². The number of fused-ring (bicyclic) bond motifs is 1. The Bertz CT molecular complexity index is 1300. The topological polar surface area (TPSA) is 93.2 Å². The van der Waals surface area contributed by atoms with Crippen LogP contribution in [0.3, 0.4) is 0 Å². The molecular formula is C27H35Cl2N7O. The van der Waals surface area contributed by atoms with E-state index in [4.69, 9.17) is 44.0 Å². The zero-order valence-electron chi connectivity index (χ0n) is 21.7. The van der Waals surface area contributed by atoms with E-state index in [1.807, 2.05) is 29.9 Å². The summed E-state index contributed by atoms with van der Waals surface area (Å²) in [6.45, 7) is 9.28. The lowest BCUT2D eigenvalue weighted by atomic mass is 9.91. The average molecular weight is 545 g/mol. The molecule has 2 aromatic heterocycles. The minimum Gasteiger partial charge on any atom is -0.370 e. The summed E-state index contributed by atoms with van der Waals surface area (Å²) < 4.78 is 1.92. The molecule has 2 saturated heterocycles. The van der Waals surface area contributed by atoms with Crippen LogP contribution in [0.25, 0.3) is 11.2 Å². The Morgan fingerprint density at radius 1 is 1.24 bits per heavy atom. The molecule has 2 unspecified atom stereocenters. The second-order valence-electron chi connectivity index (χ2n) is 10.6. The second kappa shape index (κ2) is 10.8. The number of nitrogens with two attached hydrogens (primary N) is 1. The van der Waals surface area contributed by atoms with Crippen LogP contribution in [0.15, 0.2) is 24.4 Å². The molecule has 2 aliphatic rings. The fraction of sp³-hybridized carbons (Fsp3) is 0.556. The van der Waals surface area contributed by atoms with Crippen molar-refractivity contribution in [1.29, 1.82) is 0 Å². The van der Waals surface area contributed by atoms with Gasteiger partial charge in [-0.2, -0.15) is 5.10 Å². The molecule has 1 amide bonds. The van der Waals surface area contributed by atoms with Crippen LogP contribution in [0.5, 0.6) is 0 Å². The fourth-order valence-corrected chi connectivity index (χ4v) is 6.75. The first-order valence-corrected chi connectivity index (χ1v) is 13.9. The third-order valence-corrected chi connectivity index (χ3v) is 8.66. The number of piperidine rings is 1. The van der Waals surface area contributed by atoms with Gasteiger partial charge in [0, 0.05) is 41.6 Å². The van der Waals surface area contributed by atoms with Gasteiger partial charge >= 0.3 is 0 Å². The van der Waals surface area contributed by atoms with Gasteiger partial charge in [0.2, 0.25) is 5.91 Å². The molecule has 4 atom stereocenters. The van der Waals surface area contributed by atoms with E-state index in [-0.39, 0.29) is 11.9 Å². The summed E-state index contributed by atoms with van der Waals surface area (Å²) >= 11 is 12.6. The number of hydrogen-bond donors (Lipinski definition) is 1. The Morgan fingerprint density at radius 3 is 2.78 bits per heavy atom. The van der Waals surface area contributed by atoms with Crippen molar-refractivity contribution in [2.75, 3.05) is 24.5 Å². The van der Waals surface area contributed by atoms with Crippen molar-refractivity contribution in [2.45, 2.75) is 71.0 Å². The SMILES string of the molecule is Cc1nn([C@H](C)c2ccc(Cl)cc2Cl)c2nc(N3CCC(N4CCCC4CCC(N)=O)[C@H](C)C3)cnc12. The van der Waals surface area contributed by atoms with Gasteiger partial charge in [-0.15, -0.1) is 0 Å². The molecule has 5 rings (SSSR count). The van der Waals surface area contributed by atoms with Crippen molar-refractivity contribution < 1.29 is 4.79 Å². The lowest BCUT2D eigenvalue weighted by molar-refractivity contribution is -0.118. The molecule has 1 aromatic carbocycles. The molecule has 4 heterocycles. The molecule has 37 heavy (non-hydrogen) atoms. The number of carbonyl (C=O) groups excluding carboxylic acids is 1. The summed E-state index contributed by atoms with van der Waals surface area (Å²) in [5.74, 6) is 1.14. The Balaban J connectivity index is 1.36. The van der Waals surface area contributed by atoms with Gasteiger partial charge in [0.25, 0.3) is 0 Å². The number of halogens is 2.